The second-order valence-electron chi connectivity index (χ2n) is 11.9. The van der Waals surface area contributed by atoms with Gasteiger partial charge in [-0.2, -0.15) is 0 Å². The Labute approximate surface area is 280 Å². The van der Waals surface area contributed by atoms with E-state index in [0.717, 1.165) is 16.1 Å². The summed E-state index contributed by atoms with van der Waals surface area (Å²) >= 11 is 12.5. The minimum absolute atomic E-state index is 0.0216. The highest BCUT2D eigenvalue weighted by Gasteiger charge is 2.34. The summed E-state index contributed by atoms with van der Waals surface area (Å²) in [5.41, 5.74) is 1.13. The Morgan fingerprint density at radius 2 is 1.39 bits per heavy atom. The fourth-order valence-electron chi connectivity index (χ4n) is 4.76. The van der Waals surface area contributed by atoms with E-state index < -0.39 is 34.1 Å². The van der Waals surface area contributed by atoms with Crippen molar-refractivity contribution in [2.45, 2.75) is 45.3 Å². The van der Waals surface area contributed by atoms with Crippen LogP contribution in [-0.2, 0) is 32.6 Å². The van der Waals surface area contributed by atoms with Crippen LogP contribution in [0.2, 0.25) is 10.0 Å². The second kappa shape index (κ2) is 15.0. The van der Waals surface area contributed by atoms with E-state index in [1.807, 2.05) is 69.3 Å². The SMILES string of the molecule is CC(C)(C)NC(=O)[C@@H](Cc1ccccc1)N(Cc1ccc(Cl)c(Cl)c1)C(=O)CN(c1ccc(Oc2ccccc2)cc1)S(C)(=O)=O. The van der Waals surface area contributed by atoms with E-state index >= 15 is 0 Å². The van der Waals surface area contributed by atoms with Gasteiger partial charge < -0.3 is 15.0 Å². The summed E-state index contributed by atoms with van der Waals surface area (Å²) in [6.07, 6.45) is 1.23. The molecule has 242 valence electrons. The Morgan fingerprint density at radius 3 is 1.96 bits per heavy atom. The van der Waals surface area contributed by atoms with Gasteiger partial charge in [0.05, 0.1) is 22.0 Å². The van der Waals surface area contributed by atoms with E-state index in [1.54, 1.807) is 54.6 Å². The first-order chi connectivity index (χ1) is 21.7. The van der Waals surface area contributed by atoms with Crippen molar-refractivity contribution < 1.29 is 22.7 Å². The summed E-state index contributed by atoms with van der Waals surface area (Å²) in [4.78, 5) is 29.6. The minimum Gasteiger partial charge on any atom is -0.457 e. The molecule has 46 heavy (non-hydrogen) atoms. The summed E-state index contributed by atoms with van der Waals surface area (Å²) < 4.78 is 33.1. The molecule has 0 aliphatic carbocycles. The highest BCUT2D eigenvalue weighted by atomic mass is 35.5. The summed E-state index contributed by atoms with van der Waals surface area (Å²) in [5, 5.41) is 3.63. The van der Waals surface area contributed by atoms with Crippen molar-refractivity contribution in [2.24, 2.45) is 0 Å². The number of benzene rings is 4. The van der Waals surface area contributed by atoms with Crippen molar-refractivity contribution >= 4 is 50.7 Å². The van der Waals surface area contributed by atoms with Crippen LogP contribution in [0.3, 0.4) is 0 Å². The lowest BCUT2D eigenvalue weighted by Crippen LogP contribution is -2.56. The molecule has 0 radical (unpaired) electrons. The number of rotatable bonds is 12. The van der Waals surface area contributed by atoms with Crippen LogP contribution in [-0.4, -0.2) is 49.5 Å². The Morgan fingerprint density at radius 1 is 0.804 bits per heavy atom. The van der Waals surface area contributed by atoms with Gasteiger partial charge in [0.15, 0.2) is 0 Å². The Balaban J connectivity index is 1.71. The number of hydrogen-bond acceptors (Lipinski definition) is 5. The molecule has 0 aliphatic rings. The molecular weight excluding hydrogens is 645 g/mol. The van der Waals surface area contributed by atoms with Crippen LogP contribution < -0.4 is 14.4 Å². The number of halogens is 2. The molecule has 4 rings (SSSR count). The number of nitrogens with zero attached hydrogens (tertiary/aromatic N) is 2. The monoisotopic (exact) mass is 681 g/mol. The maximum Gasteiger partial charge on any atom is 0.244 e. The zero-order valence-electron chi connectivity index (χ0n) is 26.1. The number of para-hydroxylation sites is 1. The third-order valence-corrected chi connectivity index (χ3v) is 8.77. The second-order valence-corrected chi connectivity index (χ2v) is 14.6. The molecule has 8 nitrogen and oxygen atoms in total. The molecule has 0 aliphatic heterocycles. The standard InChI is InChI=1S/C35H37Cl2N3O5S/c1-35(2,3)38-34(42)32(22-25-11-7-5-8-12-25)39(23-26-15-20-30(36)31(37)21-26)33(41)24-40(46(4,43)44)27-16-18-29(19-17-27)45-28-13-9-6-10-14-28/h5-21,32H,22-24H2,1-4H3,(H,38,42)/t32-/m1/s1. The van der Waals surface area contributed by atoms with Crippen molar-refractivity contribution in [1.29, 1.82) is 0 Å². The van der Waals surface area contributed by atoms with E-state index in [4.69, 9.17) is 27.9 Å². The third-order valence-electron chi connectivity index (χ3n) is 6.89. The van der Waals surface area contributed by atoms with E-state index in [2.05, 4.69) is 5.32 Å². The number of hydrogen-bond donors (Lipinski definition) is 1. The van der Waals surface area contributed by atoms with Gasteiger partial charge in [-0.1, -0.05) is 77.8 Å². The van der Waals surface area contributed by atoms with Crippen molar-refractivity contribution in [3.05, 3.63) is 124 Å². The molecule has 4 aromatic rings. The van der Waals surface area contributed by atoms with Gasteiger partial charge in [-0.25, -0.2) is 8.42 Å². The number of ether oxygens (including phenoxy) is 1. The van der Waals surface area contributed by atoms with Crippen LogP contribution >= 0.6 is 23.2 Å². The summed E-state index contributed by atoms with van der Waals surface area (Å²) in [7, 11) is -3.93. The van der Waals surface area contributed by atoms with Gasteiger partial charge in [0.1, 0.15) is 24.1 Å². The molecule has 0 aromatic heterocycles. The summed E-state index contributed by atoms with van der Waals surface area (Å²) in [6, 6.07) is 28.9. The lowest BCUT2D eigenvalue weighted by Gasteiger charge is -2.35. The first-order valence-corrected chi connectivity index (χ1v) is 17.2. The number of nitrogens with one attached hydrogen (secondary N) is 1. The Hall–Kier alpha value is -4.05. The van der Waals surface area contributed by atoms with Crippen LogP contribution in [0.1, 0.15) is 31.9 Å². The van der Waals surface area contributed by atoms with Gasteiger partial charge in [-0.05, 0) is 80.4 Å². The van der Waals surface area contributed by atoms with Crippen molar-refractivity contribution in [2.75, 3.05) is 17.1 Å². The van der Waals surface area contributed by atoms with Crippen molar-refractivity contribution in [3.63, 3.8) is 0 Å². The lowest BCUT2D eigenvalue weighted by molar-refractivity contribution is -0.140. The average molecular weight is 683 g/mol. The molecule has 1 N–H and O–H groups in total. The Kier molecular flexibility index (Phi) is 11.4. The maximum atomic E-state index is 14.3. The third kappa shape index (κ3) is 9.97. The number of amides is 2. The van der Waals surface area contributed by atoms with Gasteiger partial charge in [-0.15, -0.1) is 0 Å². The zero-order chi connectivity index (χ0) is 33.5. The quantitative estimate of drug-likeness (QED) is 0.172. The van der Waals surface area contributed by atoms with Crippen LogP contribution in [0.5, 0.6) is 11.5 Å². The minimum atomic E-state index is -3.93. The maximum absolute atomic E-state index is 14.3. The highest BCUT2D eigenvalue weighted by molar-refractivity contribution is 7.92. The van der Waals surface area contributed by atoms with Crippen LogP contribution in [0, 0.1) is 0 Å². The molecule has 0 saturated carbocycles. The van der Waals surface area contributed by atoms with Gasteiger partial charge in [-0.3, -0.25) is 13.9 Å². The zero-order valence-corrected chi connectivity index (χ0v) is 28.4. The average Bonchev–Trinajstić information content (AvgIpc) is 2.99. The fourth-order valence-corrected chi connectivity index (χ4v) is 5.93. The summed E-state index contributed by atoms with van der Waals surface area (Å²) in [6.45, 7) is 4.99. The summed E-state index contributed by atoms with van der Waals surface area (Å²) in [5.74, 6) is 0.170. The molecule has 11 heteroatoms. The number of carbonyl (C=O) groups is 2. The smallest absolute Gasteiger partial charge is 0.244 e. The molecule has 1 atom stereocenters. The van der Waals surface area contributed by atoms with E-state index in [0.29, 0.717) is 27.1 Å². The first-order valence-electron chi connectivity index (χ1n) is 14.6. The van der Waals surface area contributed by atoms with E-state index in [9.17, 15) is 18.0 Å². The van der Waals surface area contributed by atoms with Crippen molar-refractivity contribution in [3.8, 4) is 11.5 Å². The number of carbonyl (C=O) groups excluding carboxylic acids is 2. The molecule has 2 amide bonds. The van der Waals surface area contributed by atoms with Crippen molar-refractivity contribution in [1.82, 2.24) is 10.2 Å². The topological polar surface area (TPSA) is 96.0 Å². The fraction of sp³-hybridized carbons (Fsp3) is 0.257. The van der Waals surface area contributed by atoms with Gasteiger partial charge in [0.2, 0.25) is 21.8 Å². The molecule has 0 bridgehead atoms. The molecule has 0 spiro atoms. The highest BCUT2D eigenvalue weighted by Crippen LogP contribution is 2.27. The van der Waals surface area contributed by atoms with Gasteiger partial charge in [0, 0.05) is 18.5 Å². The predicted octanol–water partition coefficient (Wildman–Crippen LogP) is 7.11. The van der Waals surface area contributed by atoms with Crippen LogP contribution in [0.25, 0.3) is 0 Å². The van der Waals surface area contributed by atoms with Crippen LogP contribution in [0.4, 0.5) is 5.69 Å². The van der Waals surface area contributed by atoms with Crippen LogP contribution in [0.15, 0.2) is 103 Å². The normalized spacial score (nSPS) is 12.2. The number of sulfonamides is 1. The molecule has 4 aromatic carbocycles. The largest absolute Gasteiger partial charge is 0.457 e. The molecule has 0 heterocycles. The lowest BCUT2D eigenvalue weighted by atomic mass is 10.0. The molecule has 0 unspecified atom stereocenters. The van der Waals surface area contributed by atoms with Gasteiger partial charge in [0.25, 0.3) is 0 Å². The predicted molar refractivity (Wildman–Crippen MR) is 184 cm³/mol. The van der Waals surface area contributed by atoms with E-state index in [1.165, 1.54) is 4.90 Å². The first kappa shape index (κ1) is 34.8. The molecule has 0 saturated heterocycles. The molecule has 0 fully saturated rings. The molecular formula is C35H37Cl2N3O5S. The Bertz CT molecular complexity index is 1750. The van der Waals surface area contributed by atoms with Gasteiger partial charge >= 0.3 is 0 Å². The van der Waals surface area contributed by atoms with E-state index in [-0.39, 0.29) is 24.6 Å². The number of anilines is 1.